The largest absolute Gasteiger partial charge is 0.490 e. The van der Waals surface area contributed by atoms with Crippen LogP contribution in [0, 0.1) is 0 Å². The number of halogens is 7. The number of benzene rings is 1. The Labute approximate surface area is 343 Å². The molecule has 1 fully saturated rings. The van der Waals surface area contributed by atoms with Crippen molar-refractivity contribution in [2.45, 2.75) is 25.3 Å². The first-order valence-electron chi connectivity index (χ1n) is 17.7. The minimum Gasteiger partial charge on any atom is -0.475 e. The lowest BCUT2D eigenvalue weighted by atomic mass is 10.1. The van der Waals surface area contributed by atoms with E-state index < -0.39 is 24.3 Å². The van der Waals surface area contributed by atoms with E-state index in [9.17, 15) is 40.7 Å². The number of ether oxygens (including phenoxy) is 1. The van der Waals surface area contributed by atoms with E-state index in [0.717, 1.165) is 30.8 Å². The van der Waals surface area contributed by atoms with Crippen molar-refractivity contribution in [2.24, 2.45) is 7.05 Å². The summed E-state index contributed by atoms with van der Waals surface area (Å²) in [6.07, 6.45) is 1.33. The Morgan fingerprint density at radius 1 is 0.767 bits per heavy atom. The number of alkyl halides is 7. The molecule has 0 spiro atoms. The number of nitrogens with one attached hydrogen (secondary N) is 3. The maximum atomic E-state index is 13.3. The van der Waals surface area contributed by atoms with Crippen molar-refractivity contribution in [2.75, 3.05) is 55.9 Å². The second kappa shape index (κ2) is 22.8. The molecule has 3 aromatic heterocycles. The molecule has 15 nitrogen and oxygen atoms in total. The molecule has 324 valence electrons. The standard InChI is InChI=1S/C34H38ClN7O4.2C2HF3O2/c1-40-23-28(38-32(43)27-7-5-25(6-8-27)3-4-26-9-12-36-13-10-26)21-30(40)34(45)39-29-22-31(42(24-29)15-2-11-35)33(44)37-14-16-41-17-19-46-20-18-41;2*3-2(4,5)1(6)7/h3-10,12-13,21-24H,2,11,14-20H2,1H3,(H,37,44)(H,38,43)(H,39,45);2*(H,6,7)/b4-3+;;. The Morgan fingerprint density at radius 2 is 1.28 bits per heavy atom. The zero-order valence-electron chi connectivity index (χ0n) is 31.7. The van der Waals surface area contributed by atoms with Crippen molar-refractivity contribution in [1.29, 1.82) is 0 Å². The number of aromatic nitrogens is 3. The fourth-order valence-electron chi connectivity index (χ4n) is 5.10. The van der Waals surface area contributed by atoms with Crippen LogP contribution in [0.3, 0.4) is 0 Å². The van der Waals surface area contributed by atoms with E-state index in [0.29, 0.717) is 66.9 Å². The van der Waals surface area contributed by atoms with E-state index in [4.69, 9.17) is 36.1 Å². The number of pyridine rings is 1. The van der Waals surface area contributed by atoms with Crippen LogP contribution >= 0.6 is 11.6 Å². The number of aryl methyl sites for hydroxylation is 2. The van der Waals surface area contributed by atoms with Crippen molar-refractivity contribution in [3.63, 3.8) is 0 Å². The van der Waals surface area contributed by atoms with Crippen LogP contribution in [0.5, 0.6) is 0 Å². The Kier molecular flexibility index (Phi) is 18.3. The number of aliphatic carboxylic acids is 2. The summed E-state index contributed by atoms with van der Waals surface area (Å²) in [6.45, 7) is 4.88. The number of amides is 3. The van der Waals surface area contributed by atoms with Gasteiger partial charge in [-0.25, -0.2) is 9.59 Å². The number of morpholine rings is 1. The molecule has 0 bridgehead atoms. The van der Waals surface area contributed by atoms with Gasteiger partial charge in [0, 0.05) is 76.0 Å². The SMILES string of the molecule is Cn1cc(NC(=O)c2ccc(/C=C/c3ccncc3)cc2)cc1C(=O)Nc1cc(C(=O)NCCN2CCOCC2)n(CCCCl)c1.O=C(O)C(F)(F)F.O=C(O)C(F)(F)F. The smallest absolute Gasteiger partial charge is 0.475 e. The predicted molar refractivity (Wildman–Crippen MR) is 208 cm³/mol. The summed E-state index contributed by atoms with van der Waals surface area (Å²) in [5, 5.41) is 23.0. The Hall–Kier alpha value is -6.19. The lowest BCUT2D eigenvalue weighted by Crippen LogP contribution is -2.41. The third-order valence-electron chi connectivity index (χ3n) is 8.06. The molecular formula is C38H40ClF6N7O8. The maximum Gasteiger partial charge on any atom is 0.490 e. The van der Waals surface area contributed by atoms with Crippen LogP contribution in [0.4, 0.5) is 37.7 Å². The highest BCUT2D eigenvalue weighted by Gasteiger charge is 2.39. The first-order valence-corrected chi connectivity index (χ1v) is 18.2. The average Bonchev–Trinajstić information content (AvgIpc) is 3.78. The highest BCUT2D eigenvalue weighted by atomic mass is 35.5. The molecule has 1 aliphatic rings. The van der Waals surface area contributed by atoms with E-state index in [1.165, 1.54) is 0 Å². The number of carbonyl (C=O) groups is 5. The van der Waals surface area contributed by atoms with Crippen molar-refractivity contribution >= 4 is 64.8 Å². The monoisotopic (exact) mass is 871 g/mol. The molecule has 0 saturated carbocycles. The van der Waals surface area contributed by atoms with Gasteiger partial charge in [0.25, 0.3) is 17.7 Å². The highest BCUT2D eigenvalue weighted by molar-refractivity contribution is 6.17. The first kappa shape index (κ1) is 48.2. The summed E-state index contributed by atoms with van der Waals surface area (Å²) >= 11 is 5.92. The minimum atomic E-state index is -5.08. The van der Waals surface area contributed by atoms with Crippen LogP contribution in [-0.2, 0) is 27.9 Å². The summed E-state index contributed by atoms with van der Waals surface area (Å²) in [5.41, 5.74) is 4.24. The summed E-state index contributed by atoms with van der Waals surface area (Å²) in [4.78, 5) is 63.3. The number of hydrogen-bond donors (Lipinski definition) is 5. The van der Waals surface area contributed by atoms with E-state index in [-0.39, 0.29) is 17.7 Å². The molecule has 0 unspecified atom stereocenters. The number of hydrogen-bond acceptors (Lipinski definition) is 8. The van der Waals surface area contributed by atoms with Gasteiger partial charge in [-0.3, -0.25) is 24.3 Å². The van der Waals surface area contributed by atoms with Gasteiger partial charge < -0.3 is 40.0 Å². The van der Waals surface area contributed by atoms with Crippen LogP contribution in [0.1, 0.15) is 48.9 Å². The van der Waals surface area contributed by atoms with Crippen LogP contribution < -0.4 is 16.0 Å². The molecule has 4 aromatic rings. The van der Waals surface area contributed by atoms with Crippen molar-refractivity contribution in [3.8, 4) is 0 Å². The van der Waals surface area contributed by atoms with Crippen LogP contribution in [0.15, 0.2) is 73.3 Å². The quantitative estimate of drug-likeness (QED) is 0.0803. The van der Waals surface area contributed by atoms with Gasteiger partial charge in [0.05, 0.1) is 24.6 Å². The molecule has 3 amide bonds. The zero-order valence-corrected chi connectivity index (χ0v) is 32.5. The second-order valence-corrected chi connectivity index (χ2v) is 12.9. The fourth-order valence-corrected chi connectivity index (χ4v) is 5.22. The molecule has 22 heteroatoms. The molecule has 60 heavy (non-hydrogen) atoms. The van der Waals surface area contributed by atoms with Gasteiger partial charge in [-0.15, -0.1) is 11.6 Å². The Morgan fingerprint density at radius 3 is 1.83 bits per heavy atom. The van der Waals surface area contributed by atoms with Gasteiger partial charge in [-0.1, -0.05) is 24.3 Å². The second-order valence-electron chi connectivity index (χ2n) is 12.5. The van der Waals surface area contributed by atoms with E-state index in [2.05, 4.69) is 25.8 Å². The van der Waals surface area contributed by atoms with Crippen LogP contribution in [-0.4, -0.2) is 117 Å². The molecule has 1 saturated heterocycles. The van der Waals surface area contributed by atoms with Crippen molar-refractivity contribution in [1.82, 2.24) is 24.3 Å². The average molecular weight is 872 g/mol. The lowest BCUT2D eigenvalue weighted by molar-refractivity contribution is -0.193. The topological polar surface area (TPSA) is 197 Å². The highest BCUT2D eigenvalue weighted by Crippen LogP contribution is 2.20. The number of anilines is 2. The summed E-state index contributed by atoms with van der Waals surface area (Å²) in [5.74, 6) is -5.95. The van der Waals surface area contributed by atoms with Gasteiger partial charge >= 0.3 is 24.3 Å². The van der Waals surface area contributed by atoms with Crippen molar-refractivity contribution in [3.05, 3.63) is 101 Å². The van der Waals surface area contributed by atoms with Gasteiger partial charge in [-0.2, -0.15) is 26.3 Å². The minimum absolute atomic E-state index is 0.218. The van der Waals surface area contributed by atoms with Gasteiger partial charge in [-0.05, 0) is 53.9 Å². The number of nitrogens with zero attached hydrogens (tertiary/aromatic N) is 4. The molecule has 4 heterocycles. The van der Waals surface area contributed by atoms with Crippen LogP contribution in [0.2, 0.25) is 0 Å². The van der Waals surface area contributed by atoms with E-state index >= 15 is 0 Å². The lowest BCUT2D eigenvalue weighted by Gasteiger charge is -2.26. The van der Waals surface area contributed by atoms with Gasteiger partial charge in [0.1, 0.15) is 11.4 Å². The molecule has 5 rings (SSSR count). The molecule has 0 aliphatic carbocycles. The summed E-state index contributed by atoms with van der Waals surface area (Å²) < 4.78 is 72.3. The summed E-state index contributed by atoms with van der Waals surface area (Å²) in [7, 11) is 1.73. The molecule has 0 atom stereocenters. The number of rotatable bonds is 13. The Bertz CT molecular complexity index is 2060. The maximum absolute atomic E-state index is 13.3. The first-order chi connectivity index (χ1) is 28.3. The molecular weight excluding hydrogens is 832 g/mol. The molecule has 5 N–H and O–H groups in total. The third-order valence-corrected chi connectivity index (χ3v) is 8.33. The zero-order chi connectivity index (χ0) is 44.5. The fraction of sp³-hybridized carbons (Fsp3) is 0.316. The van der Waals surface area contributed by atoms with E-state index in [1.54, 1.807) is 65.2 Å². The third kappa shape index (κ3) is 16.2. The number of carboxylic acid groups (broad SMARTS) is 2. The summed E-state index contributed by atoms with van der Waals surface area (Å²) in [6, 6.07) is 14.4. The molecule has 1 aromatic carbocycles. The van der Waals surface area contributed by atoms with Crippen LogP contribution in [0.25, 0.3) is 12.2 Å². The number of carboxylic acids is 2. The molecule has 0 radical (unpaired) electrons. The van der Waals surface area contributed by atoms with Gasteiger partial charge in [0.15, 0.2) is 0 Å². The predicted octanol–water partition coefficient (Wildman–Crippen LogP) is 5.85. The number of carbonyl (C=O) groups excluding carboxylic acids is 3. The Balaban J connectivity index is 0.000000589. The van der Waals surface area contributed by atoms with Crippen molar-refractivity contribution < 1.29 is 65.3 Å². The van der Waals surface area contributed by atoms with E-state index in [1.807, 2.05) is 36.4 Å². The normalized spacial score (nSPS) is 13.0. The van der Waals surface area contributed by atoms with Gasteiger partial charge in [0.2, 0.25) is 0 Å². The molecule has 1 aliphatic heterocycles.